The predicted octanol–water partition coefficient (Wildman–Crippen LogP) is 4.01. The monoisotopic (exact) mass is 605 g/mol. The van der Waals surface area contributed by atoms with Gasteiger partial charge < -0.3 is 0 Å². The number of amides is 2. The smallest absolute Gasteiger partial charge is 0.263 e. The molecule has 6 heteroatoms. The average Bonchev–Trinajstić information content (AvgIpc) is 2.39. The number of allylic oxidation sites excluding steroid dienone is 1. The minimum atomic E-state index is -0.238. The molecular formula is C14H10I3NO2. The Labute approximate surface area is 158 Å². The molecule has 104 valence electrons. The van der Waals surface area contributed by atoms with Crippen molar-refractivity contribution in [1.29, 1.82) is 0 Å². The highest BCUT2D eigenvalue weighted by molar-refractivity contribution is 14.1. The van der Waals surface area contributed by atoms with E-state index in [9.17, 15) is 9.59 Å². The van der Waals surface area contributed by atoms with Crippen LogP contribution < -0.4 is 0 Å². The molecule has 1 aliphatic heterocycles. The number of hydrogen-bond acceptors (Lipinski definition) is 2. The summed E-state index contributed by atoms with van der Waals surface area (Å²) < 4.78 is 2.57. The highest BCUT2D eigenvalue weighted by Gasteiger charge is 2.37. The van der Waals surface area contributed by atoms with Gasteiger partial charge in [0.15, 0.2) is 0 Å². The number of carbonyl (C=O) groups excluding carboxylic acids is 2. The van der Waals surface area contributed by atoms with Crippen LogP contribution >= 0.6 is 67.8 Å². The summed E-state index contributed by atoms with van der Waals surface area (Å²) >= 11 is 6.46. The van der Waals surface area contributed by atoms with Gasteiger partial charge in [0.2, 0.25) is 0 Å². The van der Waals surface area contributed by atoms with Crippen molar-refractivity contribution in [1.82, 2.24) is 4.90 Å². The number of carbonyl (C=O) groups is 2. The van der Waals surface area contributed by atoms with Crippen LogP contribution in [0.15, 0.2) is 25.3 Å². The Hall–Kier alpha value is 0.0300. The number of fused-ring (bicyclic) bond motifs is 2. The van der Waals surface area contributed by atoms with E-state index in [4.69, 9.17) is 0 Å². The first-order valence-corrected chi connectivity index (χ1v) is 8.96. The van der Waals surface area contributed by atoms with Crippen molar-refractivity contribution in [2.45, 2.75) is 6.42 Å². The minimum absolute atomic E-state index is 0.235. The molecular weight excluding hydrogens is 595 g/mol. The zero-order chi connectivity index (χ0) is 15.0. The van der Waals surface area contributed by atoms with Crippen LogP contribution in [0.4, 0.5) is 0 Å². The summed E-state index contributed by atoms with van der Waals surface area (Å²) in [5, 5.41) is 0. The predicted molar refractivity (Wildman–Crippen MR) is 104 cm³/mol. The Morgan fingerprint density at radius 3 is 1.80 bits per heavy atom. The van der Waals surface area contributed by atoms with Crippen LogP contribution in [0, 0.1) is 10.7 Å². The summed E-state index contributed by atoms with van der Waals surface area (Å²) in [6.45, 7) is 7.59. The molecule has 1 heterocycles. The van der Waals surface area contributed by atoms with Gasteiger partial charge in [-0.15, -0.1) is 13.2 Å². The number of imide groups is 1. The van der Waals surface area contributed by atoms with Gasteiger partial charge in [-0.1, -0.05) is 12.2 Å². The molecule has 1 aromatic carbocycles. The van der Waals surface area contributed by atoms with Crippen LogP contribution in [0.25, 0.3) is 0 Å². The van der Waals surface area contributed by atoms with E-state index >= 15 is 0 Å². The molecule has 0 spiro atoms. The molecule has 0 atom stereocenters. The molecule has 0 N–H and O–H groups in total. The lowest BCUT2D eigenvalue weighted by molar-refractivity contribution is 0.0619. The normalized spacial score (nSPS) is 13.7. The highest BCUT2D eigenvalue weighted by atomic mass is 127. The number of hydrogen-bond donors (Lipinski definition) is 0. The summed E-state index contributed by atoms with van der Waals surface area (Å²) in [6.07, 6.45) is 4.01. The summed E-state index contributed by atoms with van der Waals surface area (Å²) in [5.41, 5.74) is 2.26. The van der Waals surface area contributed by atoms with Gasteiger partial charge in [0, 0.05) is 17.3 Å². The average molecular weight is 605 g/mol. The SMILES string of the molecule is C=CCc1c(I)c2c(I)c(c1I)C(=O)N(CC=C)C2=O. The van der Waals surface area contributed by atoms with Gasteiger partial charge in [0.25, 0.3) is 11.8 Å². The fourth-order valence-corrected chi connectivity index (χ4v) is 6.60. The standard InChI is InChI=1S/C14H10I3NO2/c1-3-5-7-10(15)8-12(17)9(11(7)16)14(20)18(6-4-2)13(8)19/h3-4H,1-2,5-6H2. The Balaban J connectivity index is 2.78. The third kappa shape index (κ3) is 2.47. The molecule has 1 aliphatic rings. The number of halogens is 3. The third-order valence-corrected chi connectivity index (χ3v) is 6.45. The summed E-state index contributed by atoms with van der Waals surface area (Å²) in [7, 11) is 0. The molecule has 0 radical (unpaired) electrons. The molecule has 0 aliphatic carbocycles. The summed E-state index contributed by atoms with van der Waals surface area (Å²) in [5.74, 6) is -0.476. The van der Waals surface area contributed by atoms with E-state index in [1.807, 2.05) is 0 Å². The van der Waals surface area contributed by atoms with Gasteiger partial charge in [-0.05, 0) is 79.8 Å². The van der Waals surface area contributed by atoms with E-state index in [0.29, 0.717) is 17.5 Å². The molecule has 2 bridgehead atoms. The van der Waals surface area contributed by atoms with Gasteiger partial charge in [-0.3, -0.25) is 14.5 Å². The zero-order valence-electron chi connectivity index (χ0n) is 10.4. The second-order valence-corrected chi connectivity index (χ2v) is 7.41. The van der Waals surface area contributed by atoms with Gasteiger partial charge in [-0.2, -0.15) is 0 Å². The molecule has 0 fully saturated rings. The van der Waals surface area contributed by atoms with Gasteiger partial charge >= 0.3 is 0 Å². The Morgan fingerprint density at radius 1 is 0.900 bits per heavy atom. The molecule has 2 rings (SSSR count). The largest absolute Gasteiger partial charge is 0.270 e. The van der Waals surface area contributed by atoms with Crippen LogP contribution in [0.1, 0.15) is 26.3 Å². The van der Waals surface area contributed by atoms with Crippen molar-refractivity contribution in [2.75, 3.05) is 6.54 Å². The number of rotatable bonds is 4. The lowest BCUT2D eigenvalue weighted by Crippen LogP contribution is -2.43. The van der Waals surface area contributed by atoms with Crippen LogP contribution in [-0.4, -0.2) is 23.3 Å². The van der Waals surface area contributed by atoms with Crippen molar-refractivity contribution in [3.8, 4) is 0 Å². The molecule has 0 aromatic heterocycles. The summed E-state index contributed by atoms with van der Waals surface area (Å²) in [4.78, 5) is 26.3. The first kappa shape index (κ1) is 16.4. The van der Waals surface area contributed by atoms with E-state index in [0.717, 1.165) is 16.3 Å². The fourth-order valence-electron chi connectivity index (χ4n) is 2.07. The quantitative estimate of drug-likeness (QED) is 0.296. The zero-order valence-corrected chi connectivity index (χ0v) is 16.9. The second kappa shape index (κ2) is 6.42. The molecule has 3 nitrogen and oxygen atoms in total. The van der Waals surface area contributed by atoms with Gasteiger partial charge in [0.1, 0.15) is 0 Å². The van der Waals surface area contributed by atoms with Crippen molar-refractivity contribution in [2.24, 2.45) is 0 Å². The van der Waals surface area contributed by atoms with Gasteiger partial charge in [-0.25, -0.2) is 0 Å². The fraction of sp³-hybridized carbons (Fsp3) is 0.143. The summed E-state index contributed by atoms with van der Waals surface area (Å²) in [6, 6.07) is 0. The molecule has 1 aromatic rings. The Kier molecular flexibility index (Phi) is 5.27. The van der Waals surface area contributed by atoms with Crippen molar-refractivity contribution >= 4 is 79.6 Å². The van der Waals surface area contributed by atoms with Crippen LogP contribution in [-0.2, 0) is 6.42 Å². The molecule has 20 heavy (non-hydrogen) atoms. The van der Waals surface area contributed by atoms with E-state index in [2.05, 4.69) is 80.9 Å². The number of nitrogens with zero attached hydrogens (tertiary/aromatic N) is 1. The molecule has 0 unspecified atom stereocenters. The van der Waals surface area contributed by atoms with E-state index in [1.54, 1.807) is 12.2 Å². The first-order chi connectivity index (χ1) is 9.45. The highest BCUT2D eigenvalue weighted by Crippen LogP contribution is 2.37. The Bertz CT molecular complexity index is 609. The van der Waals surface area contributed by atoms with E-state index in [1.165, 1.54) is 4.90 Å². The molecule has 0 saturated heterocycles. The first-order valence-electron chi connectivity index (χ1n) is 5.73. The Morgan fingerprint density at radius 2 is 1.40 bits per heavy atom. The molecule has 0 saturated carbocycles. The van der Waals surface area contributed by atoms with Crippen molar-refractivity contribution in [3.63, 3.8) is 0 Å². The maximum atomic E-state index is 12.5. The molecule has 2 amide bonds. The van der Waals surface area contributed by atoms with Gasteiger partial charge in [0.05, 0.1) is 11.1 Å². The van der Waals surface area contributed by atoms with Crippen LogP contribution in [0.3, 0.4) is 0 Å². The second-order valence-electron chi connectivity index (χ2n) is 4.17. The third-order valence-electron chi connectivity index (χ3n) is 2.99. The van der Waals surface area contributed by atoms with Crippen LogP contribution in [0.5, 0.6) is 0 Å². The van der Waals surface area contributed by atoms with Crippen molar-refractivity contribution in [3.05, 3.63) is 52.7 Å². The topological polar surface area (TPSA) is 37.4 Å². The maximum absolute atomic E-state index is 12.5. The number of benzene rings is 1. The van der Waals surface area contributed by atoms with E-state index in [-0.39, 0.29) is 18.4 Å². The van der Waals surface area contributed by atoms with E-state index < -0.39 is 0 Å². The maximum Gasteiger partial charge on any atom is 0.263 e. The lowest BCUT2D eigenvalue weighted by atomic mass is 9.98. The van der Waals surface area contributed by atoms with Crippen molar-refractivity contribution < 1.29 is 9.59 Å². The van der Waals surface area contributed by atoms with Crippen LogP contribution in [0.2, 0.25) is 0 Å². The minimum Gasteiger partial charge on any atom is -0.270 e. The lowest BCUT2D eigenvalue weighted by Gasteiger charge is -2.29.